The summed E-state index contributed by atoms with van der Waals surface area (Å²) in [7, 11) is 3.79. The molecule has 2 unspecified atom stereocenters. The fourth-order valence-electron chi connectivity index (χ4n) is 2.65. The lowest BCUT2D eigenvalue weighted by Gasteiger charge is -2.29. The van der Waals surface area contributed by atoms with Crippen molar-refractivity contribution in [3.8, 4) is 0 Å². The minimum atomic E-state index is 0. The molecular weight excluding hydrogens is 411 g/mol. The highest BCUT2D eigenvalue weighted by Crippen LogP contribution is 2.26. The Kier molecular flexibility index (Phi) is 8.52. The van der Waals surface area contributed by atoms with E-state index < -0.39 is 0 Å². The van der Waals surface area contributed by atoms with Crippen LogP contribution in [-0.4, -0.2) is 45.3 Å². The number of guanidine groups is 1. The number of aromatic nitrogens is 3. The molecule has 0 aliphatic heterocycles. The predicted molar refractivity (Wildman–Crippen MR) is 104 cm³/mol. The van der Waals surface area contributed by atoms with Gasteiger partial charge < -0.3 is 15.2 Å². The van der Waals surface area contributed by atoms with Crippen LogP contribution >= 0.6 is 35.7 Å². The topological polar surface area (TPSA) is 67.1 Å². The normalized spacial score (nSPS) is 22.1. The molecule has 1 aliphatic carbocycles. The molecule has 6 nitrogen and oxygen atoms in total. The summed E-state index contributed by atoms with van der Waals surface area (Å²) < 4.78 is 1.99. The first kappa shape index (κ1) is 19.5. The molecular formula is C14H27IN6S. The number of thioether (sulfide) groups is 1. The van der Waals surface area contributed by atoms with E-state index in [9.17, 15) is 0 Å². The van der Waals surface area contributed by atoms with E-state index in [0.29, 0.717) is 12.6 Å². The molecule has 1 aromatic heterocycles. The van der Waals surface area contributed by atoms with Crippen molar-refractivity contribution in [1.82, 2.24) is 25.4 Å². The SMILES string of the molecule is CN=C(NCc1nnc(C)n1C)NC1CCCC(SC)C1.I. The maximum absolute atomic E-state index is 4.31. The van der Waals surface area contributed by atoms with E-state index in [1.54, 1.807) is 0 Å². The fourth-order valence-corrected chi connectivity index (χ4v) is 3.47. The second kappa shape index (κ2) is 9.59. The van der Waals surface area contributed by atoms with E-state index >= 15 is 0 Å². The van der Waals surface area contributed by atoms with Crippen molar-refractivity contribution in [2.75, 3.05) is 13.3 Å². The fraction of sp³-hybridized carbons (Fsp3) is 0.786. The Morgan fingerprint density at radius 2 is 2.18 bits per heavy atom. The molecule has 2 rings (SSSR count). The van der Waals surface area contributed by atoms with Crippen molar-refractivity contribution in [3.63, 3.8) is 0 Å². The zero-order chi connectivity index (χ0) is 15.2. The van der Waals surface area contributed by atoms with Crippen molar-refractivity contribution in [2.24, 2.45) is 12.0 Å². The van der Waals surface area contributed by atoms with E-state index in [2.05, 4.69) is 32.1 Å². The molecule has 0 saturated heterocycles. The quantitative estimate of drug-likeness (QED) is 0.428. The number of rotatable bonds is 4. The number of aryl methyl sites for hydroxylation is 1. The van der Waals surface area contributed by atoms with Crippen LogP contribution in [0.3, 0.4) is 0 Å². The molecule has 1 aromatic rings. The first-order valence-electron chi connectivity index (χ1n) is 7.49. The van der Waals surface area contributed by atoms with Gasteiger partial charge in [-0.3, -0.25) is 4.99 Å². The van der Waals surface area contributed by atoms with Gasteiger partial charge in [-0.2, -0.15) is 11.8 Å². The summed E-state index contributed by atoms with van der Waals surface area (Å²) in [6.07, 6.45) is 7.27. The first-order valence-corrected chi connectivity index (χ1v) is 8.77. The van der Waals surface area contributed by atoms with E-state index in [0.717, 1.165) is 22.9 Å². The van der Waals surface area contributed by atoms with Crippen molar-refractivity contribution >= 4 is 41.7 Å². The molecule has 1 heterocycles. The summed E-state index contributed by atoms with van der Waals surface area (Å²) in [6, 6.07) is 0.517. The molecule has 1 aliphatic rings. The molecule has 126 valence electrons. The Morgan fingerprint density at radius 1 is 1.41 bits per heavy atom. The lowest BCUT2D eigenvalue weighted by atomic mass is 9.95. The van der Waals surface area contributed by atoms with E-state index in [4.69, 9.17) is 0 Å². The van der Waals surface area contributed by atoms with Gasteiger partial charge in [0.25, 0.3) is 0 Å². The van der Waals surface area contributed by atoms with Crippen LogP contribution < -0.4 is 10.6 Å². The van der Waals surface area contributed by atoms with Crippen LogP contribution in [0.1, 0.15) is 37.3 Å². The van der Waals surface area contributed by atoms with Gasteiger partial charge in [0.15, 0.2) is 11.8 Å². The van der Waals surface area contributed by atoms with Gasteiger partial charge in [0, 0.05) is 25.4 Å². The first-order chi connectivity index (χ1) is 10.1. The van der Waals surface area contributed by atoms with Crippen LogP contribution in [0.4, 0.5) is 0 Å². The average Bonchev–Trinajstić information content (AvgIpc) is 2.83. The third-order valence-electron chi connectivity index (χ3n) is 4.12. The summed E-state index contributed by atoms with van der Waals surface area (Å²) in [5.41, 5.74) is 0. The van der Waals surface area contributed by atoms with Gasteiger partial charge >= 0.3 is 0 Å². The zero-order valence-electron chi connectivity index (χ0n) is 13.8. The van der Waals surface area contributed by atoms with Gasteiger partial charge in [0.05, 0.1) is 6.54 Å². The number of nitrogens with one attached hydrogen (secondary N) is 2. The van der Waals surface area contributed by atoms with Gasteiger partial charge in [-0.15, -0.1) is 34.2 Å². The second-order valence-corrected chi connectivity index (χ2v) is 6.65. The van der Waals surface area contributed by atoms with Crippen molar-refractivity contribution in [1.29, 1.82) is 0 Å². The van der Waals surface area contributed by atoms with Gasteiger partial charge in [-0.05, 0) is 32.4 Å². The number of aliphatic imine (C=N–C) groups is 1. The molecule has 22 heavy (non-hydrogen) atoms. The van der Waals surface area contributed by atoms with Crippen molar-refractivity contribution in [2.45, 2.75) is 50.4 Å². The van der Waals surface area contributed by atoms with Crippen LogP contribution in [0.2, 0.25) is 0 Å². The lowest BCUT2D eigenvalue weighted by molar-refractivity contribution is 0.419. The van der Waals surface area contributed by atoms with Crippen LogP contribution in [-0.2, 0) is 13.6 Å². The monoisotopic (exact) mass is 438 g/mol. The summed E-state index contributed by atoms with van der Waals surface area (Å²) in [5.74, 6) is 2.69. The zero-order valence-corrected chi connectivity index (χ0v) is 16.9. The maximum atomic E-state index is 4.31. The second-order valence-electron chi connectivity index (χ2n) is 5.51. The average molecular weight is 438 g/mol. The Balaban J connectivity index is 0.00000242. The smallest absolute Gasteiger partial charge is 0.191 e. The Hall–Kier alpha value is -0.510. The van der Waals surface area contributed by atoms with E-state index in [1.165, 1.54) is 25.7 Å². The maximum Gasteiger partial charge on any atom is 0.191 e. The van der Waals surface area contributed by atoms with Crippen molar-refractivity contribution in [3.05, 3.63) is 11.6 Å². The van der Waals surface area contributed by atoms with Crippen molar-refractivity contribution < 1.29 is 0 Å². The Morgan fingerprint density at radius 3 is 2.77 bits per heavy atom. The summed E-state index contributed by atoms with van der Waals surface area (Å²) >= 11 is 1.98. The Labute approximate surface area is 154 Å². The summed E-state index contributed by atoms with van der Waals surface area (Å²) in [4.78, 5) is 4.31. The molecule has 2 atom stereocenters. The molecule has 8 heteroatoms. The van der Waals surface area contributed by atoms with Crippen LogP contribution in [0.25, 0.3) is 0 Å². The predicted octanol–water partition coefficient (Wildman–Crippen LogP) is 2.08. The third-order valence-corrected chi connectivity index (χ3v) is 5.22. The number of halogens is 1. The molecule has 0 aromatic carbocycles. The standard InChI is InChI=1S/C14H26N6S.HI/c1-10-18-19-13(20(10)3)9-16-14(15-2)17-11-6-5-7-12(8-11)21-4;/h11-12H,5-9H2,1-4H3,(H2,15,16,17);1H. The molecule has 1 fully saturated rings. The molecule has 0 amide bonds. The number of hydrogen-bond acceptors (Lipinski definition) is 4. The largest absolute Gasteiger partial charge is 0.354 e. The highest BCUT2D eigenvalue weighted by Gasteiger charge is 2.21. The number of hydrogen-bond donors (Lipinski definition) is 2. The minimum absolute atomic E-state index is 0. The third kappa shape index (κ3) is 5.29. The highest BCUT2D eigenvalue weighted by atomic mass is 127. The van der Waals surface area contributed by atoms with Crippen LogP contribution in [0, 0.1) is 6.92 Å². The molecule has 2 N–H and O–H groups in total. The lowest BCUT2D eigenvalue weighted by Crippen LogP contribution is -2.45. The summed E-state index contributed by atoms with van der Waals surface area (Å²) in [6.45, 7) is 2.59. The molecule has 0 radical (unpaired) electrons. The highest BCUT2D eigenvalue weighted by molar-refractivity contribution is 14.0. The van der Waals surface area contributed by atoms with Crippen LogP contribution in [0.15, 0.2) is 4.99 Å². The molecule has 0 bridgehead atoms. The summed E-state index contributed by atoms with van der Waals surface area (Å²) in [5, 5.41) is 15.9. The molecule has 1 saturated carbocycles. The van der Waals surface area contributed by atoms with Gasteiger partial charge in [0.2, 0.25) is 0 Å². The van der Waals surface area contributed by atoms with Gasteiger partial charge in [-0.25, -0.2) is 0 Å². The number of nitrogens with zero attached hydrogens (tertiary/aromatic N) is 4. The van der Waals surface area contributed by atoms with Crippen LogP contribution in [0.5, 0.6) is 0 Å². The van der Waals surface area contributed by atoms with Gasteiger partial charge in [-0.1, -0.05) is 6.42 Å². The Bertz CT molecular complexity index is 490. The van der Waals surface area contributed by atoms with E-state index in [-0.39, 0.29) is 24.0 Å². The van der Waals surface area contributed by atoms with Gasteiger partial charge in [0.1, 0.15) is 5.82 Å². The minimum Gasteiger partial charge on any atom is -0.354 e. The van der Waals surface area contributed by atoms with E-state index in [1.807, 2.05) is 37.3 Å². The molecule has 0 spiro atoms.